The monoisotopic (exact) mass is 859 g/mol. The third-order valence-corrected chi connectivity index (χ3v) is 16.7. The van der Waals surface area contributed by atoms with Crippen LogP contribution in [0.1, 0.15) is 147 Å². The molecule has 62 heavy (non-hydrogen) atoms. The summed E-state index contributed by atoms with van der Waals surface area (Å²) in [4.78, 5) is 1.49. The van der Waals surface area contributed by atoms with Gasteiger partial charge in [0.25, 0.3) is 6.71 Å². The van der Waals surface area contributed by atoms with Crippen molar-refractivity contribution in [2.45, 2.75) is 149 Å². The first-order valence-corrected chi connectivity index (χ1v) is 25.3. The normalized spacial score (nSPS) is 19.0. The molecule has 2 nitrogen and oxygen atoms in total. The summed E-state index contributed by atoms with van der Waals surface area (Å²) < 4.78 is 4.19. The van der Waals surface area contributed by atoms with Gasteiger partial charge in [0, 0.05) is 48.7 Å². The lowest BCUT2D eigenvalue weighted by molar-refractivity contribution is 0.332. The Kier molecular flexibility index (Phi) is 12.9. The molecule has 0 saturated heterocycles. The second kappa shape index (κ2) is 17.9. The smallest absolute Gasteiger partial charge is 0.253 e. The highest BCUT2D eigenvalue weighted by molar-refractivity contribution is 7.31. The Bertz CT molecular complexity index is 2510. The molecule has 2 heterocycles. The van der Waals surface area contributed by atoms with E-state index in [1.165, 1.54) is 100 Å². The SMILES string of the molecule is C=CC(C/C=C/C(C)(C)CCC(C)C)NC1CC=CC(NC2=CCCc3sc4ccccc4c32)=C1B(c1cccc(C(C)C)c1)c1cc2cc3c(cc2s1)C(C)(C)CCC3(C)C. The summed E-state index contributed by atoms with van der Waals surface area (Å²) in [5.41, 5.74) is 11.6. The van der Waals surface area contributed by atoms with Crippen molar-refractivity contribution in [1.82, 2.24) is 10.6 Å². The van der Waals surface area contributed by atoms with Gasteiger partial charge in [-0.15, -0.1) is 29.3 Å². The van der Waals surface area contributed by atoms with E-state index in [4.69, 9.17) is 0 Å². The highest BCUT2D eigenvalue weighted by Crippen LogP contribution is 2.48. The van der Waals surface area contributed by atoms with Crippen molar-refractivity contribution in [3.63, 3.8) is 0 Å². The van der Waals surface area contributed by atoms with Gasteiger partial charge >= 0.3 is 0 Å². The van der Waals surface area contributed by atoms with Crippen molar-refractivity contribution >= 4 is 65.5 Å². The Morgan fingerprint density at radius 1 is 0.903 bits per heavy atom. The minimum absolute atomic E-state index is 0.0490. The van der Waals surface area contributed by atoms with Crippen LogP contribution in [0.4, 0.5) is 0 Å². The summed E-state index contributed by atoms with van der Waals surface area (Å²) in [6.45, 7) is 28.4. The third kappa shape index (κ3) is 9.33. The number of benzene rings is 3. The quantitative estimate of drug-likeness (QED) is 0.0810. The van der Waals surface area contributed by atoms with Gasteiger partial charge in [0.15, 0.2) is 0 Å². The van der Waals surface area contributed by atoms with Crippen LogP contribution in [0.25, 0.3) is 25.9 Å². The first-order chi connectivity index (χ1) is 29.5. The maximum Gasteiger partial charge on any atom is 0.253 e. The highest BCUT2D eigenvalue weighted by Gasteiger charge is 2.39. The van der Waals surface area contributed by atoms with Crippen molar-refractivity contribution in [3.05, 3.63) is 148 Å². The van der Waals surface area contributed by atoms with E-state index >= 15 is 0 Å². The molecule has 2 aromatic heterocycles. The zero-order valence-electron chi connectivity index (χ0n) is 39.4. The number of thiophene rings is 2. The lowest BCUT2D eigenvalue weighted by Gasteiger charge is -2.41. The van der Waals surface area contributed by atoms with Crippen LogP contribution in [-0.2, 0) is 17.3 Å². The predicted molar refractivity (Wildman–Crippen MR) is 277 cm³/mol. The maximum absolute atomic E-state index is 4.42. The van der Waals surface area contributed by atoms with Crippen LogP contribution < -0.4 is 20.9 Å². The number of rotatable bonds is 15. The van der Waals surface area contributed by atoms with Gasteiger partial charge in [0.1, 0.15) is 0 Å². The maximum atomic E-state index is 4.42. The molecule has 0 saturated carbocycles. The molecule has 2 atom stereocenters. The van der Waals surface area contributed by atoms with E-state index in [0.717, 1.165) is 25.7 Å². The minimum Gasteiger partial charge on any atom is -0.356 e. The Morgan fingerprint density at radius 2 is 1.66 bits per heavy atom. The fourth-order valence-corrected chi connectivity index (χ4v) is 12.7. The number of allylic oxidation sites excluding steroid dienone is 3. The molecule has 0 radical (unpaired) electrons. The first-order valence-electron chi connectivity index (χ1n) is 23.7. The fraction of sp³-hybridized carbons (Fsp3) is 0.439. The molecule has 0 fully saturated rings. The lowest BCUT2D eigenvalue weighted by Crippen LogP contribution is -2.52. The second-order valence-corrected chi connectivity index (χ2v) is 23.7. The first kappa shape index (κ1) is 44.7. The molecule has 5 heteroatoms. The van der Waals surface area contributed by atoms with Crippen LogP contribution in [-0.4, -0.2) is 18.8 Å². The molecule has 2 N–H and O–H groups in total. The zero-order chi connectivity index (χ0) is 44.0. The Labute approximate surface area is 382 Å². The summed E-state index contributed by atoms with van der Waals surface area (Å²) in [5, 5.41) is 11.2. The van der Waals surface area contributed by atoms with Crippen LogP contribution in [0.3, 0.4) is 0 Å². The van der Waals surface area contributed by atoms with Crippen molar-refractivity contribution in [2.24, 2.45) is 11.3 Å². The summed E-state index contributed by atoms with van der Waals surface area (Å²) in [6, 6.07) is 26.4. The van der Waals surface area contributed by atoms with Crippen LogP contribution >= 0.6 is 22.7 Å². The van der Waals surface area contributed by atoms with Gasteiger partial charge in [-0.25, -0.2) is 0 Å². The van der Waals surface area contributed by atoms with E-state index < -0.39 is 0 Å². The van der Waals surface area contributed by atoms with Crippen molar-refractivity contribution in [2.75, 3.05) is 0 Å². The average Bonchev–Trinajstić information content (AvgIpc) is 3.84. The van der Waals surface area contributed by atoms with E-state index in [0.29, 0.717) is 11.8 Å². The van der Waals surface area contributed by atoms with Gasteiger partial charge in [-0.1, -0.05) is 154 Å². The van der Waals surface area contributed by atoms with Crippen LogP contribution in [0, 0.1) is 11.3 Å². The number of nitrogens with one attached hydrogen (secondary N) is 2. The number of hydrogen-bond donors (Lipinski definition) is 2. The molecule has 2 unspecified atom stereocenters. The van der Waals surface area contributed by atoms with E-state index in [2.05, 4.69) is 190 Å². The fourth-order valence-electron chi connectivity index (χ4n) is 10.3. The predicted octanol–water partition coefficient (Wildman–Crippen LogP) is 14.4. The summed E-state index contributed by atoms with van der Waals surface area (Å²) in [5.74, 6) is 1.14. The van der Waals surface area contributed by atoms with Crippen molar-refractivity contribution < 1.29 is 0 Å². The molecule has 0 spiro atoms. The molecular weight excluding hydrogens is 788 g/mol. The standard InChI is InChI=1S/C57H71BN2S2/c1-12-42(21-18-29-55(6,7)30-28-37(2)3)59-47-24-16-25-48(60-46-23-17-27-50-53(46)43-22-13-14-26-49(43)61-50)54(47)58(41-20-15-19-39(33-41)38(4)5)52-35-40-34-44-45(36-51(40)62-52)57(10,11)32-31-56(44,8)9/h12-16,18-20,22-23,25-26,29,33-38,42,47,59-60H,1,17,21,24,27-28,30-32H2,2-11H3/b29-18+. The minimum atomic E-state index is 0.0490. The second-order valence-electron chi connectivity index (χ2n) is 21.4. The van der Waals surface area contributed by atoms with Gasteiger partial charge in [-0.2, -0.15) is 0 Å². The zero-order valence-corrected chi connectivity index (χ0v) is 41.0. The van der Waals surface area contributed by atoms with E-state index in [-0.39, 0.29) is 35.0 Å². The summed E-state index contributed by atoms with van der Waals surface area (Å²) >= 11 is 3.98. The highest BCUT2D eigenvalue weighted by atomic mass is 32.1. The largest absolute Gasteiger partial charge is 0.356 e. The van der Waals surface area contributed by atoms with Crippen molar-refractivity contribution in [1.29, 1.82) is 0 Å². The topological polar surface area (TPSA) is 24.1 Å². The number of hydrogen-bond acceptors (Lipinski definition) is 4. The van der Waals surface area contributed by atoms with Gasteiger partial charge in [0.05, 0.1) is 0 Å². The van der Waals surface area contributed by atoms with Gasteiger partial charge < -0.3 is 10.6 Å². The van der Waals surface area contributed by atoms with E-state index in [1.807, 2.05) is 22.7 Å². The molecule has 3 aromatic carbocycles. The molecular formula is C57H71BN2S2. The average molecular weight is 859 g/mol. The Balaban J connectivity index is 1.28. The lowest BCUT2D eigenvalue weighted by atomic mass is 9.36. The molecule has 0 amide bonds. The molecule has 3 aliphatic carbocycles. The number of aryl methyl sites for hydroxylation is 1. The van der Waals surface area contributed by atoms with Crippen molar-refractivity contribution in [3.8, 4) is 0 Å². The van der Waals surface area contributed by atoms with Gasteiger partial charge in [-0.05, 0) is 136 Å². The summed E-state index contributed by atoms with van der Waals surface area (Å²) in [7, 11) is 0. The third-order valence-electron chi connectivity index (χ3n) is 14.3. The van der Waals surface area contributed by atoms with E-state index in [1.54, 1.807) is 0 Å². The molecule has 0 bridgehead atoms. The van der Waals surface area contributed by atoms with Crippen LogP contribution in [0.2, 0.25) is 0 Å². The summed E-state index contributed by atoms with van der Waals surface area (Å²) in [6.07, 6.45) is 23.1. The van der Waals surface area contributed by atoms with Gasteiger partial charge in [0.2, 0.25) is 0 Å². The van der Waals surface area contributed by atoms with Gasteiger partial charge in [-0.3, -0.25) is 0 Å². The molecule has 3 aliphatic rings. The Hall–Kier alpha value is -3.90. The Morgan fingerprint density at radius 3 is 2.40 bits per heavy atom. The molecule has 5 aromatic rings. The van der Waals surface area contributed by atoms with Crippen LogP contribution in [0.15, 0.2) is 121 Å². The van der Waals surface area contributed by atoms with Crippen LogP contribution in [0.5, 0.6) is 0 Å². The molecule has 324 valence electrons. The molecule has 0 aliphatic heterocycles. The molecule has 8 rings (SSSR count). The number of fused-ring (bicyclic) bond motifs is 5. The van der Waals surface area contributed by atoms with E-state index in [9.17, 15) is 0 Å².